The topological polar surface area (TPSA) is 38.7 Å². The maximum absolute atomic E-state index is 4.73. The van der Waals surface area contributed by atoms with Gasteiger partial charge in [-0.15, -0.1) is 0 Å². The van der Waals surface area contributed by atoms with Crippen molar-refractivity contribution >= 4 is 0 Å². The zero-order chi connectivity index (χ0) is 14.1. The summed E-state index contributed by atoms with van der Waals surface area (Å²) in [5.41, 5.74) is 5.93. The van der Waals surface area contributed by atoms with E-state index in [1.807, 2.05) is 30.3 Å². The summed E-state index contributed by atoms with van der Waals surface area (Å²) in [5.74, 6) is 0. The minimum atomic E-state index is 0.905. The van der Waals surface area contributed by atoms with Gasteiger partial charge in [0.25, 0.3) is 0 Å². The molecule has 0 spiro atoms. The van der Waals surface area contributed by atoms with Crippen molar-refractivity contribution in [3.8, 4) is 22.8 Å². The van der Waals surface area contributed by atoms with Gasteiger partial charge >= 0.3 is 0 Å². The Hall–Kier alpha value is -2.55. The van der Waals surface area contributed by atoms with Gasteiger partial charge in [0, 0.05) is 11.4 Å². The van der Waals surface area contributed by atoms with Crippen LogP contribution >= 0.6 is 0 Å². The second-order valence-electron chi connectivity index (χ2n) is 5.29. The fraction of sp³-hybridized carbons (Fsp3) is 0.167. The molecule has 6 bridgehead atoms. The van der Waals surface area contributed by atoms with Gasteiger partial charge in [0.2, 0.25) is 0 Å². The summed E-state index contributed by atoms with van der Waals surface area (Å²) in [6.07, 6.45) is 3.01. The number of pyridine rings is 3. The van der Waals surface area contributed by atoms with Crippen LogP contribution in [0.4, 0.5) is 0 Å². The fourth-order valence-electron chi connectivity index (χ4n) is 2.69. The van der Waals surface area contributed by atoms with Crippen LogP contribution in [0.2, 0.25) is 0 Å². The molecule has 102 valence electrons. The van der Waals surface area contributed by atoms with E-state index in [2.05, 4.69) is 24.3 Å². The first-order valence-electron chi connectivity index (χ1n) is 7.28. The minimum Gasteiger partial charge on any atom is -0.251 e. The minimum absolute atomic E-state index is 0.905. The quantitative estimate of drug-likeness (QED) is 0.627. The summed E-state index contributed by atoms with van der Waals surface area (Å²) in [6, 6.07) is 18.4. The zero-order valence-electron chi connectivity index (χ0n) is 11.7. The molecule has 0 fully saturated rings. The average molecular weight is 273 g/mol. The van der Waals surface area contributed by atoms with Gasteiger partial charge in [0.1, 0.15) is 0 Å². The Morgan fingerprint density at radius 1 is 0.524 bits per heavy atom. The lowest BCUT2D eigenvalue weighted by atomic mass is 10.1. The van der Waals surface area contributed by atoms with Crippen molar-refractivity contribution < 1.29 is 0 Å². The van der Waals surface area contributed by atoms with Crippen molar-refractivity contribution in [2.24, 2.45) is 0 Å². The molecular weight excluding hydrogens is 258 g/mol. The SMILES string of the molecule is c1cc2nc(c1)-c1cccc(n1)-c1cccc(n1)CCC2. The molecule has 0 atom stereocenters. The molecule has 1 aliphatic rings. The molecule has 3 aromatic heterocycles. The van der Waals surface area contributed by atoms with Crippen molar-refractivity contribution in [1.82, 2.24) is 15.0 Å². The Bertz CT molecular complexity index is 733. The van der Waals surface area contributed by atoms with Gasteiger partial charge in [0.05, 0.1) is 22.8 Å². The molecule has 0 saturated heterocycles. The smallest absolute Gasteiger partial charge is 0.0894 e. The molecule has 21 heavy (non-hydrogen) atoms. The van der Waals surface area contributed by atoms with E-state index in [-0.39, 0.29) is 0 Å². The van der Waals surface area contributed by atoms with Gasteiger partial charge in [0.15, 0.2) is 0 Å². The summed E-state index contributed by atoms with van der Waals surface area (Å²) in [5, 5.41) is 0. The highest BCUT2D eigenvalue weighted by Crippen LogP contribution is 2.22. The molecule has 0 radical (unpaired) electrons. The maximum atomic E-state index is 4.73. The fourth-order valence-corrected chi connectivity index (χ4v) is 2.69. The first-order valence-corrected chi connectivity index (χ1v) is 7.28. The molecule has 3 heteroatoms. The zero-order valence-corrected chi connectivity index (χ0v) is 11.7. The van der Waals surface area contributed by atoms with E-state index in [4.69, 9.17) is 15.0 Å². The molecule has 0 saturated carbocycles. The standard InChI is InChI=1S/C18H15N3/c1-5-13-7-2-9-15(19-13)17-11-4-12-18(21-17)16-10-3-8-14(6-1)20-16/h2-4,7-12H,1,5-6H2. The lowest BCUT2D eigenvalue weighted by Crippen LogP contribution is -2.00. The van der Waals surface area contributed by atoms with Gasteiger partial charge < -0.3 is 0 Å². The van der Waals surface area contributed by atoms with E-state index in [0.717, 1.165) is 53.4 Å². The highest BCUT2D eigenvalue weighted by Gasteiger charge is 2.09. The Morgan fingerprint density at radius 3 is 1.48 bits per heavy atom. The number of nitrogens with zero attached hydrogens (tertiary/aromatic N) is 3. The highest BCUT2D eigenvalue weighted by molar-refractivity contribution is 5.61. The van der Waals surface area contributed by atoms with Gasteiger partial charge in [-0.3, -0.25) is 9.97 Å². The molecule has 4 rings (SSSR count). The normalized spacial score (nSPS) is 13.1. The summed E-state index contributed by atoms with van der Waals surface area (Å²) >= 11 is 0. The highest BCUT2D eigenvalue weighted by atomic mass is 14.8. The number of hydrogen-bond acceptors (Lipinski definition) is 3. The van der Waals surface area contributed by atoms with Crippen LogP contribution in [-0.2, 0) is 12.8 Å². The molecule has 4 heterocycles. The van der Waals surface area contributed by atoms with Crippen LogP contribution in [0.15, 0.2) is 54.6 Å². The lowest BCUT2D eigenvalue weighted by molar-refractivity contribution is 0.781. The predicted octanol–water partition coefficient (Wildman–Crippen LogP) is 3.69. The largest absolute Gasteiger partial charge is 0.251 e. The first kappa shape index (κ1) is 12.2. The third-order valence-electron chi connectivity index (χ3n) is 3.75. The number of aromatic nitrogens is 3. The predicted molar refractivity (Wildman–Crippen MR) is 82.7 cm³/mol. The van der Waals surface area contributed by atoms with Crippen molar-refractivity contribution in [2.75, 3.05) is 0 Å². The maximum Gasteiger partial charge on any atom is 0.0894 e. The van der Waals surface area contributed by atoms with E-state index in [9.17, 15) is 0 Å². The Kier molecular flexibility index (Phi) is 2.96. The monoisotopic (exact) mass is 273 g/mol. The average Bonchev–Trinajstić information content (AvgIpc) is 2.55. The van der Waals surface area contributed by atoms with Crippen molar-refractivity contribution in [3.05, 3.63) is 66.0 Å². The Balaban J connectivity index is 1.93. The molecule has 3 nitrogen and oxygen atoms in total. The van der Waals surface area contributed by atoms with Crippen LogP contribution in [0, 0.1) is 0 Å². The van der Waals surface area contributed by atoms with E-state index in [0.29, 0.717) is 0 Å². The van der Waals surface area contributed by atoms with Gasteiger partial charge in [-0.25, -0.2) is 4.98 Å². The van der Waals surface area contributed by atoms with Crippen molar-refractivity contribution in [1.29, 1.82) is 0 Å². The Labute approximate surface area is 123 Å². The number of hydrogen-bond donors (Lipinski definition) is 0. The third-order valence-corrected chi connectivity index (χ3v) is 3.75. The van der Waals surface area contributed by atoms with Crippen LogP contribution in [-0.4, -0.2) is 15.0 Å². The van der Waals surface area contributed by atoms with Crippen molar-refractivity contribution in [3.63, 3.8) is 0 Å². The van der Waals surface area contributed by atoms with Crippen LogP contribution in [0.1, 0.15) is 17.8 Å². The van der Waals surface area contributed by atoms with Crippen LogP contribution in [0.5, 0.6) is 0 Å². The van der Waals surface area contributed by atoms with Gasteiger partial charge in [-0.1, -0.05) is 18.2 Å². The second kappa shape index (κ2) is 5.09. The summed E-state index contributed by atoms with van der Waals surface area (Å²) in [7, 11) is 0. The number of aryl methyl sites for hydroxylation is 2. The van der Waals surface area contributed by atoms with Crippen molar-refractivity contribution in [2.45, 2.75) is 19.3 Å². The molecule has 1 aliphatic heterocycles. The summed E-state index contributed by atoms with van der Waals surface area (Å²) < 4.78 is 0. The van der Waals surface area contributed by atoms with E-state index >= 15 is 0 Å². The number of rotatable bonds is 0. The molecule has 0 amide bonds. The van der Waals surface area contributed by atoms with E-state index in [1.54, 1.807) is 0 Å². The van der Waals surface area contributed by atoms with E-state index < -0.39 is 0 Å². The summed E-state index contributed by atoms with van der Waals surface area (Å²) in [4.78, 5) is 14.2. The van der Waals surface area contributed by atoms with E-state index in [1.165, 1.54) is 0 Å². The first-order chi connectivity index (χ1) is 10.4. The molecule has 3 aromatic rings. The molecule has 0 unspecified atom stereocenters. The Morgan fingerprint density at radius 2 is 0.952 bits per heavy atom. The summed E-state index contributed by atoms with van der Waals surface area (Å²) in [6.45, 7) is 0. The van der Waals surface area contributed by atoms with Crippen LogP contribution in [0.25, 0.3) is 22.8 Å². The third kappa shape index (κ3) is 2.42. The number of fused-ring (bicyclic) bond motifs is 8. The van der Waals surface area contributed by atoms with Gasteiger partial charge in [-0.05, 0) is 55.7 Å². The molecule has 0 aliphatic carbocycles. The van der Waals surface area contributed by atoms with Crippen LogP contribution in [0.3, 0.4) is 0 Å². The lowest BCUT2D eigenvalue weighted by Gasteiger charge is -2.09. The van der Waals surface area contributed by atoms with Crippen LogP contribution < -0.4 is 0 Å². The second-order valence-corrected chi connectivity index (χ2v) is 5.29. The van der Waals surface area contributed by atoms with Gasteiger partial charge in [-0.2, -0.15) is 0 Å². The molecular formula is C18H15N3. The molecule has 0 aromatic carbocycles. The molecule has 0 N–H and O–H groups in total.